The number of aromatic hydroxyl groups is 1. The number of phenolic OH excluding ortho intramolecular Hbond substituents is 1. The average Bonchev–Trinajstić information content (AvgIpc) is 3.27. The molecule has 0 saturated heterocycles. The summed E-state index contributed by atoms with van der Waals surface area (Å²) in [6.45, 7) is 2.44. The second kappa shape index (κ2) is 9.07. The van der Waals surface area contributed by atoms with Gasteiger partial charge in [-0.15, -0.1) is 0 Å². The van der Waals surface area contributed by atoms with Gasteiger partial charge in [0.25, 0.3) is 5.91 Å². The zero-order valence-electron chi connectivity index (χ0n) is 18.0. The van der Waals surface area contributed by atoms with Crippen molar-refractivity contribution < 1.29 is 23.8 Å². The summed E-state index contributed by atoms with van der Waals surface area (Å²) >= 11 is 0. The quantitative estimate of drug-likeness (QED) is 0.433. The van der Waals surface area contributed by atoms with Gasteiger partial charge in [-0.25, -0.2) is 13.9 Å². The Balaban J connectivity index is 1.81. The first-order valence-electron chi connectivity index (χ1n) is 10.2. The maximum Gasteiger partial charge on any atom is 0.341 e. The molecule has 4 rings (SSSR count). The van der Waals surface area contributed by atoms with Crippen molar-refractivity contribution in [2.45, 2.75) is 19.9 Å². The molecule has 2 aromatic carbocycles. The highest BCUT2D eigenvalue weighted by atomic mass is 19.1. The zero-order chi connectivity index (χ0) is 23.5. The van der Waals surface area contributed by atoms with E-state index in [0.29, 0.717) is 24.2 Å². The minimum absolute atomic E-state index is 0.0925. The molecule has 2 aromatic heterocycles. The maximum absolute atomic E-state index is 13.2. The Bertz CT molecular complexity index is 1350. The lowest BCUT2D eigenvalue weighted by atomic mass is 9.98. The number of carbonyl (C=O) groups is 2. The fourth-order valence-corrected chi connectivity index (χ4v) is 3.58. The van der Waals surface area contributed by atoms with E-state index in [-0.39, 0.29) is 28.2 Å². The van der Waals surface area contributed by atoms with Crippen LogP contribution < -0.4 is 5.32 Å². The van der Waals surface area contributed by atoms with Gasteiger partial charge in [0.2, 0.25) is 0 Å². The number of hydrogen-bond donors (Lipinski definition) is 2. The second-order valence-corrected chi connectivity index (χ2v) is 7.34. The molecule has 33 heavy (non-hydrogen) atoms. The van der Waals surface area contributed by atoms with E-state index in [4.69, 9.17) is 4.74 Å². The van der Waals surface area contributed by atoms with Gasteiger partial charge < -0.3 is 15.2 Å². The Morgan fingerprint density at radius 3 is 2.58 bits per heavy atom. The van der Waals surface area contributed by atoms with Crippen LogP contribution in [0, 0.1) is 5.82 Å². The lowest BCUT2D eigenvalue weighted by Crippen LogP contribution is -2.17. The Morgan fingerprint density at radius 2 is 1.88 bits per heavy atom. The summed E-state index contributed by atoms with van der Waals surface area (Å²) in [5.74, 6) is -1.51. The number of phenols is 1. The molecule has 2 heterocycles. The molecule has 9 heteroatoms. The number of amides is 1. The highest BCUT2D eigenvalue weighted by Crippen LogP contribution is 2.32. The third-order valence-electron chi connectivity index (χ3n) is 5.23. The van der Waals surface area contributed by atoms with Crippen molar-refractivity contribution in [3.8, 4) is 5.75 Å². The van der Waals surface area contributed by atoms with Crippen molar-refractivity contribution >= 4 is 28.6 Å². The Kier molecular flexibility index (Phi) is 6.03. The minimum atomic E-state index is -0.792. The van der Waals surface area contributed by atoms with E-state index < -0.39 is 11.9 Å². The van der Waals surface area contributed by atoms with Crippen molar-refractivity contribution in [3.05, 3.63) is 82.9 Å². The minimum Gasteiger partial charge on any atom is -0.505 e. The molecule has 2 N–H and O–H groups in total. The predicted octanol–water partition coefficient (Wildman–Crippen LogP) is 3.93. The maximum atomic E-state index is 13.2. The number of pyridine rings is 1. The summed E-state index contributed by atoms with van der Waals surface area (Å²) in [6, 6.07) is 10.7. The smallest absolute Gasteiger partial charge is 0.341 e. The molecule has 0 aliphatic carbocycles. The standard InChI is InChI=1S/C24H21FN4O4/c1-3-29-20(8-9-27-29)28-23(31)18-12-19(24(32)33-2)22(30)21-17(18)11-15(13-26-21)10-14-4-6-16(25)7-5-14/h4-9,11-13,30H,3,10H2,1-2H3,(H,28,31). The number of ether oxygens (including phenoxy) is 1. The number of hydrogen-bond acceptors (Lipinski definition) is 6. The van der Waals surface area contributed by atoms with E-state index in [2.05, 4.69) is 15.4 Å². The summed E-state index contributed by atoms with van der Waals surface area (Å²) in [5, 5.41) is 17.9. The van der Waals surface area contributed by atoms with Crippen molar-refractivity contribution in [1.82, 2.24) is 14.8 Å². The molecule has 1 amide bonds. The SMILES string of the molecule is CCn1nccc1NC(=O)c1cc(C(=O)OC)c(O)c2ncc(Cc3ccc(F)cc3)cc12. The molecule has 0 aliphatic heterocycles. The van der Waals surface area contributed by atoms with E-state index >= 15 is 0 Å². The number of aromatic nitrogens is 3. The van der Waals surface area contributed by atoms with Crippen molar-refractivity contribution in [1.29, 1.82) is 0 Å². The summed E-state index contributed by atoms with van der Waals surface area (Å²) in [7, 11) is 1.19. The number of methoxy groups -OCH3 is 1. The van der Waals surface area contributed by atoms with E-state index in [0.717, 1.165) is 11.1 Å². The Morgan fingerprint density at radius 1 is 1.12 bits per heavy atom. The van der Waals surface area contributed by atoms with Crippen LogP contribution in [0.15, 0.2) is 54.9 Å². The van der Waals surface area contributed by atoms with Gasteiger partial charge in [-0.1, -0.05) is 12.1 Å². The molecule has 0 unspecified atom stereocenters. The van der Waals surface area contributed by atoms with Crippen LogP contribution in [0.5, 0.6) is 5.75 Å². The predicted molar refractivity (Wildman–Crippen MR) is 120 cm³/mol. The number of benzene rings is 2. The van der Waals surface area contributed by atoms with Gasteiger partial charge in [-0.3, -0.25) is 9.78 Å². The van der Waals surface area contributed by atoms with Gasteiger partial charge in [0.1, 0.15) is 22.7 Å². The van der Waals surface area contributed by atoms with E-state index in [9.17, 15) is 19.1 Å². The molecule has 168 valence electrons. The monoisotopic (exact) mass is 448 g/mol. The van der Waals surface area contributed by atoms with Gasteiger partial charge in [0.15, 0.2) is 5.75 Å². The number of aryl methyl sites for hydroxylation is 1. The highest BCUT2D eigenvalue weighted by molar-refractivity contribution is 6.15. The lowest BCUT2D eigenvalue weighted by molar-refractivity contribution is 0.0597. The molecule has 0 spiro atoms. The third kappa shape index (κ3) is 4.38. The van der Waals surface area contributed by atoms with Gasteiger partial charge in [-0.05, 0) is 48.7 Å². The van der Waals surface area contributed by atoms with Crippen LogP contribution in [0.4, 0.5) is 10.2 Å². The van der Waals surface area contributed by atoms with Crippen LogP contribution in [-0.4, -0.2) is 38.9 Å². The molecule has 0 aliphatic rings. The Hall–Kier alpha value is -4.27. The zero-order valence-corrected chi connectivity index (χ0v) is 18.0. The molecule has 0 atom stereocenters. The molecule has 4 aromatic rings. The number of esters is 1. The van der Waals surface area contributed by atoms with Gasteiger partial charge >= 0.3 is 5.97 Å². The number of nitrogens with zero attached hydrogens (tertiary/aromatic N) is 3. The van der Waals surface area contributed by atoms with Crippen LogP contribution in [0.25, 0.3) is 10.9 Å². The number of rotatable bonds is 6. The normalized spacial score (nSPS) is 10.9. The molecule has 8 nitrogen and oxygen atoms in total. The molecule has 0 fully saturated rings. The highest BCUT2D eigenvalue weighted by Gasteiger charge is 2.23. The van der Waals surface area contributed by atoms with E-state index in [1.165, 1.54) is 25.3 Å². The van der Waals surface area contributed by atoms with Crippen LogP contribution in [0.2, 0.25) is 0 Å². The molecule has 0 bridgehead atoms. The van der Waals surface area contributed by atoms with Gasteiger partial charge in [0, 0.05) is 24.2 Å². The lowest BCUT2D eigenvalue weighted by Gasteiger charge is -2.13. The molecule has 0 radical (unpaired) electrons. The van der Waals surface area contributed by atoms with Crippen molar-refractivity contribution in [2.24, 2.45) is 0 Å². The first-order valence-corrected chi connectivity index (χ1v) is 10.2. The van der Waals surface area contributed by atoms with Crippen molar-refractivity contribution in [3.63, 3.8) is 0 Å². The van der Waals surface area contributed by atoms with Gasteiger partial charge in [-0.2, -0.15) is 5.10 Å². The summed E-state index contributed by atoms with van der Waals surface area (Å²) in [5.41, 5.74) is 1.66. The van der Waals surface area contributed by atoms with Crippen LogP contribution >= 0.6 is 0 Å². The summed E-state index contributed by atoms with van der Waals surface area (Å²) in [4.78, 5) is 29.8. The van der Waals surface area contributed by atoms with Crippen LogP contribution in [0.1, 0.15) is 38.8 Å². The second-order valence-electron chi connectivity index (χ2n) is 7.34. The van der Waals surface area contributed by atoms with Crippen LogP contribution in [-0.2, 0) is 17.7 Å². The number of halogens is 1. The first-order chi connectivity index (χ1) is 15.9. The number of anilines is 1. The van der Waals surface area contributed by atoms with E-state index in [1.54, 1.807) is 41.3 Å². The largest absolute Gasteiger partial charge is 0.505 e. The molecular weight excluding hydrogens is 427 g/mol. The number of fused-ring (bicyclic) bond motifs is 1. The fraction of sp³-hybridized carbons (Fsp3) is 0.167. The number of nitrogens with one attached hydrogen (secondary N) is 1. The van der Waals surface area contributed by atoms with E-state index in [1.807, 2.05) is 6.92 Å². The fourth-order valence-electron chi connectivity index (χ4n) is 3.58. The van der Waals surface area contributed by atoms with Crippen LogP contribution in [0.3, 0.4) is 0 Å². The Labute approximate surface area is 188 Å². The summed E-state index contributed by atoms with van der Waals surface area (Å²) < 4.78 is 19.6. The van der Waals surface area contributed by atoms with Crippen molar-refractivity contribution in [2.75, 3.05) is 12.4 Å². The third-order valence-corrected chi connectivity index (χ3v) is 5.23. The molecular formula is C24H21FN4O4. The van der Waals surface area contributed by atoms with Gasteiger partial charge in [0.05, 0.1) is 18.9 Å². The first kappa shape index (κ1) is 21.9. The average molecular weight is 448 g/mol. The topological polar surface area (TPSA) is 106 Å². The number of carbonyl (C=O) groups excluding carboxylic acids is 2. The molecule has 0 saturated carbocycles. The summed E-state index contributed by atoms with van der Waals surface area (Å²) in [6.07, 6.45) is 3.54.